The summed E-state index contributed by atoms with van der Waals surface area (Å²) in [5.41, 5.74) is 1.88. The molecule has 3 aromatic rings. The Hall–Kier alpha value is -3.19. The third kappa shape index (κ3) is 4.15. The zero-order valence-electron chi connectivity index (χ0n) is 15.0. The highest BCUT2D eigenvalue weighted by atomic mass is 32.1. The molecule has 0 radical (unpaired) electrons. The van der Waals surface area contributed by atoms with Gasteiger partial charge >= 0.3 is 11.9 Å². The van der Waals surface area contributed by atoms with E-state index in [4.69, 9.17) is 9.47 Å². The summed E-state index contributed by atoms with van der Waals surface area (Å²) in [5.74, 6) is 0.152. The highest BCUT2D eigenvalue weighted by Gasteiger charge is 2.18. The van der Waals surface area contributed by atoms with Gasteiger partial charge in [-0.1, -0.05) is 0 Å². The molecule has 0 N–H and O–H groups in total. The summed E-state index contributed by atoms with van der Waals surface area (Å²) in [6.45, 7) is 1.76. The Bertz CT molecular complexity index is 961. The fourth-order valence-electron chi connectivity index (χ4n) is 2.37. The highest BCUT2D eigenvalue weighted by Crippen LogP contribution is 2.30. The van der Waals surface area contributed by atoms with Crippen molar-refractivity contribution in [2.75, 3.05) is 14.2 Å². The molecule has 0 amide bonds. The first kappa shape index (κ1) is 18.6. The van der Waals surface area contributed by atoms with Gasteiger partial charge in [0.05, 0.1) is 25.5 Å². The standard InChI is InChI=1S/C20H17NO5S/c1-12-17(27-18(21-12)13-4-8-15(24-2)9-5-13)20(23)26-16-10-6-14(7-11-16)19(22)25-3/h4-11H,1-3H3. The SMILES string of the molecule is COC(=O)c1ccc(OC(=O)c2sc(-c3ccc(OC)cc3)nc2C)cc1. The van der Waals surface area contributed by atoms with Crippen LogP contribution in [0.15, 0.2) is 48.5 Å². The zero-order chi connectivity index (χ0) is 19.4. The van der Waals surface area contributed by atoms with Gasteiger partial charge < -0.3 is 14.2 Å². The van der Waals surface area contributed by atoms with Crippen LogP contribution in [0.4, 0.5) is 0 Å². The lowest BCUT2D eigenvalue weighted by molar-refractivity contribution is 0.0600. The number of thiazole rings is 1. The van der Waals surface area contributed by atoms with Crippen LogP contribution in [-0.4, -0.2) is 31.1 Å². The minimum absolute atomic E-state index is 0.339. The van der Waals surface area contributed by atoms with Crippen LogP contribution in [0.5, 0.6) is 11.5 Å². The number of ether oxygens (including phenoxy) is 3. The van der Waals surface area contributed by atoms with Crippen LogP contribution in [0.25, 0.3) is 10.6 Å². The highest BCUT2D eigenvalue weighted by molar-refractivity contribution is 7.17. The van der Waals surface area contributed by atoms with E-state index < -0.39 is 11.9 Å². The van der Waals surface area contributed by atoms with E-state index in [9.17, 15) is 9.59 Å². The van der Waals surface area contributed by atoms with Gasteiger partial charge in [-0.3, -0.25) is 0 Å². The van der Waals surface area contributed by atoms with E-state index in [0.29, 0.717) is 21.9 Å². The van der Waals surface area contributed by atoms with E-state index in [0.717, 1.165) is 16.3 Å². The average Bonchev–Trinajstić information content (AvgIpc) is 3.10. The van der Waals surface area contributed by atoms with E-state index in [1.54, 1.807) is 26.2 Å². The van der Waals surface area contributed by atoms with Gasteiger partial charge in [-0.2, -0.15) is 0 Å². The van der Waals surface area contributed by atoms with Gasteiger partial charge in [0.2, 0.25) is 0 Å². The maximum Gasteiger partial charge on any atom is 0.355 e. The molecule has 27 heavy (non-hydrogen) atoms. The number of nitrogens with zero attached hydrogens (tertiary/aromatic N) is 1. The number of methoxy groups -OCH3 is 2. The van der Waals surface area contributed by atoms with Gasteiger partial charge in [0.15, 0.2) is 0 Å². The van der Waals surface area contributed by atoms with Gasteiger partial charge in [0.25, 0.3) is 0 Å². The number of esters is 2. The normalized spacial score (nSPS) is 10.3. The number of carbonyl (C=O) groups excluding carboxylic acids is 2. The average molecular weight is 383 g/mol. The van der Waals surface area contributed by atoms with E-state index in [1.807, 2.05) is 24.3 Å². The molecule has 0 atom stereocenters. The van der Waals surface area contributed by atoms with E-state index in [-0.39, 0.29) is 0 Å². The molecule has 0 unspecified atom stereocenters. The van der Waals surface area contributed by atoms with Crippen LogP contribution in [0, 0.1) is 6.92 Å². The molecule has 138 valence electrons. The maximum absolute atomic E-state index is 12.5. The molecule has 0 aliphatic rings. The smallest absolute Gasteiger partial charge is 0.355 e. The number of rotatable bonds is 5. The number of hydrogen-bond acceptors (Lipinski definition) is 7. The van der Waals surface area contributed by atoms with Crippen LogP contribution in [0.2, 0.25) is 0 Å². The topological polar surface area (TPSA) is 74.7 Å². The lowest BCUT2D eigenvalue weighted by Gasteiger charge is -2.04. The molecular formula is C20H17NO5S. The Balaban J connectivity index is 1.77. The summed E-state index contributed by atoms with van der Waals surface area (Å²) in [6, 6.07) is 13.6. The summed E-state index contributed by atoms with van der Waals surface area (Å²) < 4.78 is 15.2. The van der Waals surface area contributed by atoms with Crippen molar-refractivity contribution in [3.63, 3.8) is 0 Å². The number of aryl methyl sites for hydroxylation is 1. The van der Waals surface area contributed by atoms with Crippen molar-refractivity contribution < 1.29 is 23.8 Å². The third-order valence-corrected chi connectivity index (χ3v) is 4.99. The predicted octanol–water partition coefficient (Wildman–Crippen LogP) is 4.13. The Morgan fingerprint density at radius 1 is 0.889 bits per heavy atom. The fraction of sp³-hybridized carbons (Fsp3) is 0.150. The summed E-state index contributed by atoms with van der Waals surface area (Å²) in [7, 11) is 2.91. The van der Waals surface area contributed by atoms with Gasteiger partial charge in [-0.25, -0.2) is 14.6 Å². The van der Waals surface area contributed by atoms with Crippen molar-refractivity contribution >= 4 is 23.3 Å². The molecule has 0 fully saturated rings. The van der Waals surface area contributed by atoms with E-state index >= 15 is 0 Å². The minimum atomic E-state index is -0.490. The third-order valence-electron chi connectivity index (χ3n) is 3.80. The zero-order valence-corrected chi connectivity index (χ0v) is 15.8. The van der Waals surface area contributed by atoms with Crippen molar-refractivity contribution in [1.29, 1.82) is 0 Å². The molecule has 0 saturated heterocycles. The molecule has 0 aliphatic carbocycles. The second-order valence-corrected chi connectivity index (χ2v) is 6.57. The van der Waals surface area contributed by atoms with Crippen LogP contribution >= 0.6 is 11.3 Å². The lowest BCUT2D eigenvalue weighted by Crippen LogP contribution is -2.08. The molecule has 1 heterocycles. The van der Waals surface area contributed by atoms with Crippen molar-refractivity contribution in [3.05, 3.63) is 64.7 Å². The van der Waals surface area contributed by atoms with Crippen molar-refractivity contribution in [3.8, 4) is 22.1 Å². The summed E-state index contributed by atoms with van der Waals surface area (Å²) >= 11 is 1.26. The Kier molecular flexibility index (Phi) is 5.52. The van der Waals surface area contributed by atoms with Crippen molar-refractivity contribution in [1.82, 2.24) is 4.98 Å². The molecule has 6 nitrogen and oxygen atoms in total. The van der Waals surface area contributed by atoms with E-state index in [2.05, 4.69) is 9.72 Å². The minimum Gasteiger partial charge on any atom is -0.497 e. The molecule has 0 bridgehead atoms. The van der Waals surface area contributed by atoms with Crippen LogP contribution in [0.3, 0.4) is 0 Å². The molecule has 0 saturated carbocycles. The monoisotopic (exact) mass is 383 g/mol. The first-order chi connectivity index (χ1) is 13.0. The Morgan fingerprint density at radius 3 is 2.11 bits per heavy atom. The largest absolute Gasteiger partial charge is 0.497 e. The molecule has 1 aromatic heterocycles. The summed E-state index contributed by atoms with van der Waals surface area (Å²) in [6.07, 6.45) is 0. The second-order valence-electron chi connectivity index (χ2n) is 5.57. The molecule has 7 heteroatoms. The van der Waals surface area contributed by atoms with Gasteiger partial charge in [-0.15, -0.1) is 11.3 Å². The van der Waals surface area contributed by atoms with Crippen molar-refractivity contribution in [2.45, 2.75) is 6.92 Å². The van der Waals surface area contributed by atoms with Crippen molar-refractivity contribution in [2.24, 2.45) is 0 Å². The lowest BCUT2D eigenvalue weighted by atomic mass is 10.2. The number of aromatic nitrogens is 1. The van der Waals surface area contributed by atoms with E-state index in [1.165, 1.54) is 30.6 Å². The number of hydrogen-bond donors (Lipinski definition) is 0. The maximum atomic E-state index is 12.5. The number of benzene rings is 2. The fourth-order valence-corrected chi connectivity index (χ4v) is 3.32. The first-order valence-corrected chi connectivity index (χ1v) is 8.86. The molecule has 3 rings (SSSR count). The molecule has 0 spiro atoms. The molecular weight excluding hydrogens is 366 g/mol. The molecule has 0 aliphatic heterocycles. The van der Waals surface area contributed by atoms with Crippen LogP contribution in [-0.2, 0) is 4.74 Å². The quantitative estimate of drug-likeness (QED) is 0.487. The Labute approximate surface area is 160 Å². The second kappa shape index (κ2) is 8.01. The van der Waals surface area contributed by atoms with Gasteiger partial charge in [0.1, 0.15) is 21.4 Å². The van der Waals surface area contributed by atoms with Gasteiger partial charge in [-0.05, 0) is 55.5 Å². The predicted molar refractivity (Wildman–Crippen MR) is 102 cm³/mol. The van der Waals surface area contributed by atoms with Gasteiger partial charge in [0, 0.05) is 5.56 Å². The molecule has 2 aromatic carbocycles. The van der Waals surface area contributed by atoms with Crippen LogP contribution in [0.1, 0.15) is 25.7 Å². The Morgan fingerprint density at radius 2 is 1.52 bits per heavy atom. The first-order valence-electron chi connectivity index (χ1n) is 8.04. The number of carbonyl (C=O) groups is 2. The van der Waals surface area contributed by atoms with Crippen LogP contribution < -0.4 is 9.47 Å². The summed E-state index contributed by atoms with van der Waals surface area (Å²) in [5, 5.41) is 0.725. The summed E-state index contributed by atoms with van der Waals surface area (Å²) in [4.78, 5) is 28.8.